The summed E-state index contributed by atoms with van der Waals surface area (Å²) < 4.78 is 41.3. The second-order valence-electron chi connectivity index (χ2n) is 7.92. The summed E-state index contributed by atoms with van der Waals surface area (Å²) in [6, 6.07) is 5.99. The van der Waals surface area contributed by atoms with Gasteiger partial charge in [0, 0.05) is 39.0 Å². The van der Waals surface area contributed by atoms with Gasteiger partial charge in [-0.25, -0.2) is 9.97 Å². The normalized spacial score (nSPS) is 19.4. The van der Waals surface area contributed by atoms with Crippen LogP contribution in [0.3, 0.4) is 0 Å². The van der Waals surface area contributed by atoms with Crippen LogP contribution in [0.2, 0.25) is 0 Å². The van der Waals surface area contributed by atoms with Crippen LogP contribution >= 0.6 is 0 Å². The first-order chi connectivity index (χ1) is 14.3. The highest BCUT2D eigenvalue weighted by atomic mass is 19.4. The number of nitrogens with zero attached hydrogens (tertiary/aromatic N) is 4. The number of rotatable bonds is 4. The molecule has 3 aromatic heterocycles. The zero-order valence-corrected chi connectivity index (χ0v) is 17.0. The third-order valence-corrected chi connectivity index (χ3v) is 6.49. The molecule has 0 amide bonds. The Morgan fingerprint density at radius 2 is 2.03 bits per heavy atom. The first kappa shape index (κ1) is 20.6. The van der Waals surface area contributed by atoms with E-state index in [-0.39, 0.29) is 25.7 Å². The van der Waals surface area contributed by atoms with E-state index in [0.29, 0.717) is 29.9 Å². The molecule has 6 nitrogen and oxygen atoms in total. The van der Waals surface area contributed by atoms with Gasteiger partial charge in [-0.1, -0.05) is 13.8 Å². The van der Waals surface area contributed by atoms with Crippen molar-refractivity contribution in [2.45, 2.75) is 45.3 Å². The van der Waals surface area contributed by atoms with Crippen LogP contribution in [-0.4, -0.2) is 39.3 Å². The smallest absolute Gasteiger partial charge is 0.356 e. The minimum Gasteiger partial charge on any atom is -0.356 e. The van der Waals surface area contributed by atoms with Crippen LogP contribution in [-0.2, 0) is 6.18 Å². The Labute approximate surface area is 175 Å². The summed E-state index contributed by atoms with van der Waals surface area (Å²) in [5, 5.41) is 7.26. The van der Waals surface area contributed by atoms with Gasteiger partial charge >= 0.3 is 6.18 Å². The number of nitrogens with one attached hydrogen (secondary N) is 1. The SMILES string of the molecule is CCC1(CC)CN(c2ccc(C(F)(F)F)c(-c3[nH]nc4ncccc34)n2)CCC1N.[HH].[HH]. The lowest BCUT2D eigenvalue weighted by atomic mass is 9.72. The van der Waals surface area contributed by atoms with Crippen LogP contribution < -0.4 is 10.6 Å². The molecule has 3 aromatic rings. The number of aromatic nitrogens is 4. The number of hydrogen-bond donors (Lipinski definition) is 2. The number of halogens is 3. The van der Waals surface area contributed by atoms with Gasteiger partial charge in [-0.2, -0.15) is 18.3 Å². The van der Waals surface area contributed by atoms with Gasteiger partial charge in [0.1, 0.15) is 11.5 Å². The summed E-state index contributed by atoms with van der Waals surface area (Å²) in [7, 11) is 0. The largest absolute Gasteiger partial charge is 0.418 e. The van der Waals surface area contributed by atoms with Crippen molar-refractivity contribution in [1.29, 1.82) is 0 Å². The summed E-state index contributed by atoms with van der Waals surface area (Å²) in [5.41, 5.74) is 5.95. The van der Waals surface area contributed by atoms with Crippen LogP contribution in [0.15, 0.2) is 30.5 Å². The number of alkyl halides is 3. The molecule has 4 heterocycles. The molecular formula is C21H29F3N6. The monoisotopic (exact) mass is 422 g/mol. The van der Waals surface area contributed by atoms with Gasteiger partial charge < -0.3 is 10.6 Å². The van der Waals surface area contributed by atoms with Crippen LogP contribution in [0.5, 0.6) is 0 Å². The molecule has 0 bridgehead atoms. The third kappa shape index (κ3) is 3.40. The summed E-state index contributed by atoms with van der Waals surface area (Å²) >= 11 is 0. The third-order valence-electron chi connectivity index (χ3n) is 6.49. The van der Waals surface area contributed by atoms with Gasteiger partial charge in [-0.3, -0.25) is 5.10 Å². The molecule has 3 N–H and O–H groups in total. The van der Waals surface area contributed by atoms with Crippen LogP contribution in [0.1, 0.15) is 41.5 Å². The zero-order chi connectivity index (χ0) is 21.5. The number of fused-ring (bicyclic) bond motifs is 1. The van der Waals surface area contributed by atoms with Crippen LogP contribution in [0.25, 0.3) is 22.4 Å². The Hall–Kier alpha value is -2.68. The highest BCUT2D eigenvalue weighted by Crippen LogP contribution is 2.41. The molecule has 1 fully saturated rings. The Bertz CT molecular complexity index is 1050. The van der Waals surface area contributed by atoms with Gasteiger partial charge in [-0.15, -0.1) is 0 Å². The van der Waals surface area contributed by atoms with E-state index in [9.17, 15) is 13.2 Å². The number of piperidine rings is 1. The van der Waals surface area contributed by atoms with E-state index in [1.54, 1.807) is 18.3 Å². The van der Waals surface area contributed by atoms with E-state index >= 15 is 0 Å². The van der Waals surface area contributed by atoms with E-state index in [1.807, 2.05) is 0 Å². The molecule has 0 radical (unpaired) electrons. The Balaban J connectivity index is 0.00000181. The predicted octanol–water partition coefficient (Wildman–Crippen LogP) is 4.87. The average molecular weight is 422 g/mol. The standard InChI is InChI=1S/C21H25F3N6.2H2/c1-3-20(4-2)12-30(11-9-15(20)25)16-8-7-14(21(22,23)24)18(27-16)17-13-6-5-10-26-19(13)29-28-17;;/h5-8,10,15H,3-4,9,11-12,25H2,1-2H3,(H,26,28,29);2*1H. The molecule has 1 saturated heterocycles. The summed E-state index contributed by atoms with van der Waals surface area (Å²) in [5.74, 6) is 0.516. The lowest BCUT2D eigenvalue weighted by Gasteiger charge is -2.47. The van der Waals surface area contributed by atoms with Gasteiger partial charge in [0.2, 0.25) is 0 Å². The molecule has 30 heavy (non-hydrogen) atoms. The predicted molar refractivity (Wildman–Crippen MR) is 114 cm³/mol. The minimum absolute atomic E-state index is 0. The molecule has 1 aliphatic rings. The second kappa shape index (κ2) is 7.54. The van der Waals surface area contributed by atoms with Crippen molar-refractivity contribution in [1.82, 2.24) is 20.2 Å². The van der Waals surface area contributed by atoms with Crippen LogP contribution in [0.4, 0.5) is 19.0 Å². The van der Waals surface area contributed by atoms with Crippen molar-refractivity contribution < 1.29 is 16.0 Å². The topological polar surface area (TPSA) is 83.7 Å². The number of hydrogen-bond acceptors (Lipinski definition) is 5. The molecule has 9 heteroatoms. The van der Waals surface area contributed by atoms with E-state index in [0.717, 1.165) is 25.3 Å². The summed E-state index contributed by atoms with van der Waals surface area (Å²) in [6.45, 7) is 5.56. The average Bonchev–Trinajstić information content (AvgIpc) is 3.17. The van der Waals surface area contributed by atoms with Gasteiger partial charge in [0.25, 0.3) is 0 Å². The Morgan fingerprint density at radius 3 is 2.73 bits per heavy atom. The molecule has 0 aliphatic carbocycles. The molecule has 1 atom stereocenters. The highest BCUT2D eigenvalue weighted by molar-refractivity contribution is 5.90. The van der Waals surface area contributed by atoms with Crippen molar-refractivity contribution in [2.24, 2.45) is 11.1 Å². The van der Waals surface area contributed by atoms with Gasteiger partial charge in [0.15, 0.2) is 5.65 Å². The lowest BCUT2D eigenvalue weighted by Crippen LogP contribution is -2.55. The van der Waals surface area contributed by atoms with Crippen molar-refractivity contribution in [3.63, 3.8) is 0 Å². The van der Waals surface area contributed by atoms with Gasteiger partial charge in [-0.05, 0) is 43.5 Å². The number of anilines is 1. The second-order valence-corrected chi connectivity index (χ2v) is 7.92. The van der Waals surface area contributed by atoms with Crippen molar-refractivity contribution in [2.75, 3.05) is 18.0 Å². The van der Waals surface area contributed by atoms with Gasteiger partial charge in [0.05, 0.1) is 11.3 Å². The van der Waals surface area contributed by atoms with E-state index in [1.165, 1.54) is 6.07 Å². The number of H-pyrrole nitrogens is 1. The van der Waals surface area contributed by atoms with Crippen LogP contribution in [0, 0.1) is 5.41 Å². The molecule has 1 unspecified atom stereocenters. The number of pyridine rings is 2. The molecule has 1 aliphatic heterocycles. The molecular weight excluding hydrogens is 393 g/mol. The zero-order valence-electron chi connectivity index (χ0n) is 17.0. The molecule has 4 rings (SSSR count). The van der Waals surface area contributed by atoms with Crippen molar-refractivity contribution in [3.8, 4) is 11.4 Å². The highest BCUT2D eigenvalue weighted by Gasteiger charge is 2.40. The maximum absolute atomic E-state index is 13.8. The fourth-order valence-corrected chi connectivity index (χ4v) is 4.45. The lowest BCUT2D eigenvalue weighted by molar-refractivity contribution is -0.137. The molecule has 0 spiro atoms. The maximum atomic E-state index is 13.8. The number of nitrogens with two attached hydrogens (primary N) is 1. The molecule has 0 aromatic carbocycles. The minimum atomic E-state index is -4.54. The van der Waals surface area contributed by atoms with E-state index < -0.39 is 11.7 Å². The quantitative estimate of drug-likeness (QED) is 0.626. The van der Waals surface area contributed by atoms with E-state index in [4.69, 9.17) is 5.73 Å². The summed E-state index contributed by atoms with van der Waals surface area (Å²) in [4.78, 5) is 10.6. The molecule has 0 saturated carbocycles. The summed E-state index contributed by atoms with van der Waals surface area (Å²) in [6.07, 6.45) is -0.400. The van der Waals surface area contributed by atoms with Crippen molar-refractivity contribution >= 4 is 16.9 Å². The number of aromatic amines is 1. The molecule has 164 valence electrons. The first-order valence-electron chi connectivity index (χ1n) is 10.2. The fraction of sp³-hybridized carbons (Fsp3) is 0.476. The fourth-order valence-electron chi connectivity index (χ4n) is 4.45. The Morgan fingerprint density at radius 1 is 1.27 bits per heavy atom. The maximum Gasteiger partial charge on any atom is 0.418 e. The Kier molecular flexibility index (Phi) is 5.17. The van der Waals surface area contributed by atoms with Crippen molar-refractivity contribution in [3.05, 3.63) is 36.0 Å². The first-order valence-corrected chi connectivity index (χ1v) is 10.2. The van der Waals surface area contributed by atoms with E-state index in [2.05, 4.69) is 38.9 Å².